The zero-order chi connectivity index (χ0) is 11.4. The van der Waals surface area contributed by atoms with Crippen LogP contribution in [-0.2, 0) is 0 Å². The van der Waals surface area contributed by atoms with E-state index in [1.807, 2.05) is 0 Å². The molecule has 0 unspecified atom stereocenters. The van der Waals surface area contributed by atoms with Crippen molar-refractivity contribution in [2.75, 3.05) is 6.61 Å². The smallest absolute Gasteiger partial charge is 0.152 e. The van der Waals surface area contributed by atoms with Crippen molar-refractivity contribution < 1.29 is 10.2 Å². The van der Waals surface area contributed by atoms with Gasteiger partial charge >= 0.3 is 0 Å². The summed E-state index contributed by atoms with van der Waals surface area (Å²) < 4.78 is 0. The van der Waals surface area contributed by atoms with E-state index in [1.54, 1.807) is 12.1 Å². The molecule has 92 valence electrons. The Labute approximate surface area is 111 Å². The minimum absolute atomic E-state index is 0. The lowest BCUT2D eigenvalue weighted by atomic mass is 10.0. The van der Waals surface area contributed by atoms with Crippen LogP contribution in [0, 0.1) is 0 Å². The predicted molar refractivity (Wildman–Crippen MR) is 68.6 cm³/mol. The van der Waals surface area contributed by atoms with E-state index in [4.69, 9.17) is 34.0 Å². The van der Waals surface area contributed by atoms with Crippen molar-refractivity contribution in [3.63, 3.8) is 0 Å². The molecular weight excluding hydrogens is 272 g/mol. The summed E-state index contributed by atoms with van der Waals surface area (Å²) in [6, 6.07) is 2.95. The molecule has 1 aromatic carbocycles. The van der Waals surface area contributed by atoms with E-state index in [2.05, 4.69) is 0 Å². The van der Waals surface area contributed by atoms with Crippen LogP contribution in [0.5, 0.6) is 5.75 Å². The minimum Gasteiger partial charge on any atom is -0.505 e. The van der Waals surface area contributed by atoms with Crippen LogP contribution in [0.15, 0.2) is 12.1 Å². The van der Waals surface area contributed by atoms with Gasteiger partial charge in [-0.1, -0.05) is 23.2 Å². The predicted octanol–water partition coefficient (Wildman–Crippen LogP) is 2.89. The number of halogens is 3. The van der Waals surface area contributed by atoms with Crippen LogP contribution in [0.25, 0.3) is 0 Å². The van der Waals surface area contributed by atoms with Gasteiger partial charge in [-0.3, -0.25) is 0 Å². The fourth-order valence-electron chi connectivity index (χ4n) is 1.28. The summed E-state index contributed by atoms with van der Waals surface area (Å²) in [6.45, 7) is 0.104. The molecule has 0 spiro atoms. The number of benzene rings is 1. The van der Waals surface area contributed by atoms with Gasteiger partial charge in [0.2, 0.25) is 0 Å². The number of phenolic OH excluding ortho intramolecular Hbond substituents is 1. The normalized spacial score (nSPS) is 12.0. The van der Waals surface area contributed by atoms with Gasteiger partial charge in [-0.05, 0) is 30.5 Å². The van der Waals surface area contributed by atoms with Crippen LogP contribution in [0.3, 0.4) is 0 Å². The Kier molecular flexibility index (Phi) is 7.11. The minimum atomic E-state index is -0.229. The van der Waals surface area contributed by atoms with Crippen LogP contribution in [0.2, 0.25) is 10.0 Å². The molecule has 0 aliphatic carbocycles. The molecule has 16 heavy (non-hydrogen) atoms. The lowest BCUT2D eigenvalue weighted by molar-refractivity contribution is 0.280. The molecule has 0 saturated heterocycles. The first-order valence-corrected chi connectivity index (χ1v) is 5.36. The molecule has 6 heteroatoms. The maximum absolute atomic E-state index is 9.34. The average molecular weight is 287 g/mol. The molecule has 0 aliphatic rings. The molecule has 1 rings (SSSR count). The summed E-state index contributed by atoms with van der Waals surface area (Å²) in [5.74, 6) is -0.128. The summed E-state index contributed by atoms with van der Waals surface area (Å²) in [4.78, 5) is 0. The lowest BCUT2D eigenvalue weighted by Crippen LogP contribution is -2.10. The van der Waals surface area contributed by atoms with Gasteiger partial charge in [0, 0.05) is 12.6 Å². The Morgan fingerprint density at radius 2 is 1.75 bits per heavy atom. The number of aliphatic hydroxyl groups excluding tert-OH is 1. The molecule has 1 atom stereocenters. The first-order valence-electron chi connectivity index (χ1n) is 4.60. The van der Waals surface area contributed by atoms with Crippen LogP contribution in [-0.4, -0.2) is 16.8 Å². The van der Waals surface area contributed by atoms with Crippen LogP contribution < -0.4 is 5.73 Å². The van der Waals surface area contributed by atoms with Crippen molar-refractivity contribution >= 4 is 35.6 Å². The molecule has 0 bridgehead atoms. The second kappa shape index (κ2) is 7.20. The maximum Gasteiger partial charge on any atom is 0.152 e. The lowest BCUT2D eigenvalue weighted by Gasteiger charge is -2.12. The van der Waals surface area contributed by atoms with Gasteiger partial charge < -0.3 is 15.9 Å². The number of hydrogen-bond acceptors (Lipinski definition) is 3. The standard InChI is InChI=1S/C10H13Cl2NO2.ClH/c11-7-4-6(5-8(12)10(7)15)9(13)2-1-3-14;/h4-5,9,14-15H,1-3,13H2;1H/t9-;/m0./s1. The van der Waals surface area contributed by atoms with Crippen molar-refractivity contribution in [3.8, 4) is 5.75 Å². The molecule has 0 heterocycles. The Morgan fingerprint density at radius 1 is 1.25 bits per heavy atom. The molecule has 1 aromatic rings. The zero-order valence-corrected chi connectivity index (χ0v) is 10.8. The maximum atomic E-state index is 9.34. The molecule has 4 N–H and O–H groups in total. The summed E-state index contributed by atoms with van der Waals surface area (Å²) >= 11 is 11.5. The Hall–Kier alpha value is -0.190. The SMILES string of the molecule is Cl.N[C@@H](CCCO)c1cc(Cl)c(O)c(Cl)c1. The van der Waals surface area contributed by atoms with Gasteiger partial charge in [-0.2, -0.15) is 0 Å². The molecular formula is C10H14Cl3NO2. The van der Waals surface area contributed by atoms with Crippen molar-refractivity contribution in [1.29, 1.82) is 0 Å². The molecule has 3 nitrogen and oxygen atoms in total. The third-order valence-corrected chi connectivity index (χ3v) is 2.72. The van der Waals surface area contributed by atoms with E-state index in [9.17, 15) is 5.11 Å². The largest absolute Gasteiger partial charge is 0.505 e. The van der Waals surface area contributed by atoms with E-state index in [1.165, 1.54) is 0 Å². The average Bonchev–Trinajstić information content (AvgIpc) is 2.21. The molecule has 0 amide bonds. The molecule has 0 radical (unpaired) electrons. The highest BCUT2D eigenvalue weighted by atomic mass is 35.5. The van der Waals surface area contributed by atoms with E-state index >= 15 is 0 Å². The van der Waals surface area contributed by atoms with Crippen LogP contribution in [0.4, 0.5) is 0 Å². The van der Waals surface area contributed by atoms with E-state index < -0.39 is 0 Å². The van der Waals surface area contributed by atoms with Crippen molar-refractivity contribution in [1.82, 2.24) is 0 Å². The zero-order valence-electron chi connectivity index (χ0n) is 8.49. The summed E-state index contributed by atoms with van der Waals surface area (Å²) in [5, 5.41) is 18.4. The van der Waals surface area contributed by atoms with Crippen molar-refractivity contribution in [2.45, 2.75) is 18.9 Å². The second-order valence-electron chi connectivity index (χ2n) is 3.31. The molecule has 0 fully saturated rings. The topological polar surface area (TPSA) is 66.5 Å². The highest BCUT2D eigenvalue weighted by Crippen LogP contribution is 2.34. The Bertz CT molecular complexity index is 324. The number of aliphatic hydroxyl groups is 1. The van der Waals surface area contributed by atoms with Gasteiger partial charge in [0.1, 0.15) is 0 Å². The third-order valence-electron chi connectivity index (χ3n) is 2.14. The number of aromatic hydroxyl groups is 1. The Morgan fingerprint density at radius 3 is 2.19 bits per heavy atom. The fourth-order valence-corrected chi connectivity index (χ4v) is 1.78. The van der Waals surface area contributed by atoms with E-state index in [0.29, 0.717) is 12.8 Å². The third kappa shape index (κ3) is 4.00. The number of nitrogens with two attached hydrogens (primary N) is 1. The van der Waals surface area contributed by atoms with Crippen molar-refractivity contribution in [3.05, 3.63) is 27.7 Å². The van der Waals surface area contributed by atoms with E-state index in [-0.39, 0.29) is 40.9 Å². The number of hydrogen-bond donors (Lipinski definition) is 3. The van der Waals surface area contributed by atoms with Gasteiger partial charge in [0.25, 0.3) is 0 Å². The molecule has 0 aromatic heterocycles. The first-order chi connectivity index (χ1) is 7.06. The molecule has 0 aliphatic heterocycles. The fraction of sp³-hybridized carbons (Fsp3) is 0.400. The van der Waals surface area contributed by atoms with Crippen LogP contribution in [0.1, 0.15) is 24.4 Å². The van der Waals surface area contributed by atoms with E-state index in [0.717, 1.165) is 5.56 Å². The summed E-state index contributed by atoms with van der Waals surface area (Å²) in [5.41, 5.74) is 6.62. The van der Waals surface area contributed by atoms with Gasteiger partial charge in [0.15, 0.2) is 5.75 Å². The van der Waals surface area contributed by atoms with Crippen LogP contribution >= 0.6 is 35.6 Å². The van der Waals surface area contributed by atoms with Gasteiger partial charge in [-0.25, -0.2) is 0 Å². The quantitative estimate of drug-likeness (QED) is 0.797. The Balaban J connectivity index is 0.00000225. The van der Waals surface area contributed by atoms with Gasteiger partial charge in [0.05, 0.1) is 10.0 Å². The number of rotatable bonds is 4. The highest BCUT2D eigenvalue weighted by Gasteiger charge is 2.11. The summed E-state index contributed by atoms with van der Waals surface area (Å²) in [6.07, 6.45) is 1.27. The number of phenols is 1. The second-order valence-corrected chi connectivity index (χ2v) is 4.12. The first kappa shape index (κ1) is 15.8. The monoisotopic (exact) mass is 285 g/mol. The van der Waals surface area contributed by atoms with Gasteiger partial charge in [-0.15, -0.1) is 12.4 Å². The molecule has 0 saturated carbocycles. The highest BCUT2D eigenvalue weighted by molar-refractivity contribution is 6.37. The van der Waals surface area contributed by atoms with Crippen molar-refractivity contribution in [2.24, 2.45) is 5.73 Å². The summed E-state index contributed by atoms with van der Waals surface area (Å²) in [7, 11) is 0.